The van der Waals surface area contributed by atoms with Crippen LogP contribution in [0.1, 0.15) is 53.6 Å². The van der Waals surface area contributed by atoms with Crippen LogP contribution >= 0.6 is 0 Å². The van der Waals surface area contributed by atoms with Gasteiger partial charge in [-0.25, -0.2) is 4.98 Å². The van der Waals surface area contributed by atoms with Crippen LogP contribution in [0.5, 0.6) is 0 Å². The highest BCUT2D eigenvalue weighted by atomic mass is 16.2. The zero-order valence-electron chi connectivity index (χ0n) is 18.4. The molecule has 0 bridgehead atoms. The predicted octanol–water partition coefficient (Wildman–Crippen LogP) is 3.60. The molecule has 1 unspecified atom stereocenters. The summed E-state index contributed by atoms with van der Waals surface area (Å²) in [6, 6.07) is 9.78. The van der Waals surface area contributed by atoms with Crippen LogP contribution in [-0.2, 0) is 4.79 Å². The van der Waals surface area contributed by atoms with E-state index in [0.717, 1.165) is 31.1 Å². The molecule has 1 atom stereocenters. The van der Waals surface area contributed by atoms with Gasteiger partial charge >= 0.3 is 0 Å². The molecule has 0 N–H and O–H groups in total. The number of anilines is 2. The van der Waals surface area contributed by atoms with Crippen molar-refractivity contribution in [3.8, 4) is 0 Å². The van der Waals surface area contributed by atoms with E-state index in [1.165, 1.54) is 24.0 Å². The summed E-state index contributed by atoms with van der Waals surface area (Å²) >= 11 is 0. The first-order chi connectivity index (χ1) is 15.0. The Morgan fingerprint density at radius 3 is 2.35 bits per heavy atom. The SMILES string of the molecule is Cc1cc(C2CC2)cnc1N1CCN(C(=O)c2ccc(N3CC(C)CC3=O)cc2)CC1. The monoisotopic (exact) mass is 418 g/mol. The second kappa shape index (κ2) is 7.98. The topological polar surface area (TPSA) is 56.8 Å². The molecular formula is C25H30N4O2. The van der Waals surface area contributed by atoms with Gasteiger partial charge in [0, 0.05) is 56.6 Å². The maximum absolute atomic E-state index is 13.0. The standard InChI is InChI=1S/C25H30N4O2/c1-17-13-23(30)29(16-17)22-7-5-20(6-8-22)25(31)28-11-9-27(10-12-28)24-18(2)14-21(15-26-24)19-3-4-19/h5-8,14-15,17,19H,3-4,9-13,16H2,1-2H3. The molecule has 3 heterocycles. The molecule has 2 amide bonds. The van der Waals surface area contributed by atoms with Crippen LogP contribution in [0.3, 0.4) is 0 Å². The molecule has 2 saturated heterocycles. The minimum Gasteiger partial charge on any atom is -0.353 e. The van der Waals surface area contributed by atoms with Crippen LogP contribution < -0.4 is 9.80 Å². The third-order valence-corrected chi connectivity index (χ3v) is 6.73. The minimum absolute atomic E-state index is 0.0566. The number of carbonyl (C=O) groups excluding carboxylic acids is 2. The lowest BCUT2D eigenvalue weighted by Crippen LogP contribution is -2.49. The molecule has 5 rings (SSSR count). The number of piperazine rings is 1. The molecule has 6 nitrogen and oxygen atoms in total. The quantitative estimate of drug-likeness (QED) is 0.761. The summed E-state index contributed by atoms with van der Waals surface area (Å²) in [5, 5.41) is 0. The number of hydrogen-bond donors (Lipinski definition) is 0. The van der Waals surface area contributed by atoms with Crippen molar-refractivity contribution >= 4 is 23.3 Å². The first kappa shape index (κ1) is 20.0. The zero-order chi connectivity index (χ0) is 21.5. The summed E-state index contributed by atoms with van der Waals surface area (Å²) in [5.41, 5.74) is 4.15. The van der Waals surface area contributed by atoms with Gasteiger partial charge in [-0.05, 0) is 67.0 Å². The lowest BCUT2D eigenvalue weighted by molar-refractivity contribution is -0.117. The van der Waals surface area contributed by atoms with E-state index < -0.39 is 0 Å². The van der Waals surface area contributed by atoms with Gasteiger partial charge in [0.05, 0.1) is 0 Å². The van der Waals surface area contributed by atoms with Gasteiger partial charge in [-0.3, -0.25) is 9.59 Å². The van der Waals surface area contributed by atoms with Crippen molar-refractivity contribution in [2.45, 2.75) is 39.0 Å². The molecule has 2 aliphatic heterocycles. The highest BCUT2D eigenvalue weighted by Crippen LogP contribution is 2.40. The van der Waals surface area contributed by atoms with Gasteiger partial charge in [-0.1, -0.05) is 13.0 Å². The number of aryl methyl sites for hydroxylation is 1. The lowest BCUT2D eigenvalue weighted by Gasteiger charge is -2.36. The molecule has 1 aromatic carbocycles. The van der Waals surface area contributed by atoms with Crippen molar-refractivity contribution in [1.82, 2.24) is 9.88 Å². The largest absolute Gasteiger partial charge is 0.353 e. The molecular weight excluding hydrogens is 388 g/mol. The van der Waals surface area contributed by atoms with E-state index >= 15 is 0 Å². The van der Waals surface area contributed by atoms with Gasteiger partial charge in [0.1, 0.15) is 5.82 Å². The van der Waals surface area contributed by atoms with Crippen molar-refractivity contribution in [2.75, 3.05) is 42.5 Å². The first-order valence-corrected chi connectivity index (χ1v) is 11.4. The molecule has 1 aliphatic carbocycles. The molecule has 1 saturated carbocycles. The summed E-state index contributed by atoms with van der Waals surface area (Å²) < 4.78 is 0. The Labute approximate surface area is 183 Å². The molecule has 1 aromatic heterocycles. The van der Waals surface area contributed by atoms with Gasteiger partial charge < -0.3 is 14.7 Å². The molecule has 3 aliphatic rings. The second-order valence-corrected chi connectivity index (χ2v) is 9.32. The summed E-state index contributed by atoms with van der Waals surface area (Å²) in [4.78, 5) is 35.9. The average molecular weight is 419 g/mol. The van der Waals surface area contributed by atoms with Gasteiger partial charge in [0.25, 0.3) is 5.91 Å². The van der Waals surface area contributed by atoms with Crippen LogP contribution in [-0.4, -0.2) is 54.4 Å². The number of benzene rings is 1. The van der Waals surface area contributed by atoms with E-state index in [0.29, 0.717) is 36.9 Å². The van der Waals surface area contributed by atoms with Crippen molar-refractivity contribution in [1.29, 1.82) is 0 Å². The molecule has 162 valence electrons. The fourth-order valence-corrected chi connectivity index (χ4v) is 4.78. The smallest absolute Gasteiger partial charge is 0.253 e. The maximum atomic E-state index is 13.0. The molecule has 6 heteroatoms. The van der Waals surface area contributed by atoms with E-state index in [4.69, 9.17) is 4.98 Å². The number of pyridine rings is 1. The van der Waals surface area contributed by atoms with Gasteiger partial charge in [0.2, 0.25) is 5.91 Å². The Hall–Kier alpha value is -2.89. The van der Waals surface area contributed by atoms with Crippen molar-refractivity contribution < 1.29 is 9.59 Å². The molecule has 0 radical (unpaired) electrons. The van der Waals surface area contributed by atoms with E-state index in [9.17, 15) is 9.59 Å². The third kappa shape index (κ3) is 4.03. The third-order valence-electron chi connectivity index (χ3n) is 6.73. The first-order valence-electron chi connectivity index (χ1n) is 11.4. The molecule has 0 spiro atoms. The van der Waals surface area contributed by atoms with Crippen molar-refractivity contribution in [2.24, 2.45) is 5.92 Å². The normalized spacial score (nSPS) is 21.7. The summed E-state index contributed by atoms with van der Waals surface area (Å²) in [6.07, 6.45) is 5.21. The van der Waals surface area contributed by atoms with Crippen LogP contribution in [0.4, 0.5) is 11.5 Å². The summed E-state index contributed by atoms with van der Waals surface area (Å²) in [6.45, 7) is 7.94. The highest BCUT2D eigenvalue weighted by Gasteiger charge is 2.29. The fourth-order valence-electron chi connectivity index (χ4n) is 4.78. The second-order valence-electron chi connectivity index (χ2n) is 9.32. The fraction of sp³-hybridized carbons (Fsp3) is 0.480. The zero-order valence-corrected chi connectivity index (χ0v) is 18.4. The van der Waals surface area contributed by atoms with Gasteiger partial charge in [-0.2, -0.15) is 0 Å². The van der Waals surface area contributed by atoms with E-state index in [2.05, 4.69) is 24.8 Å². The number of hydrogen-bond acceptors (Lipinski definition) is 4. The number of amides is 2. The van der Waals surface area contributed by atoms with Crippen LogP contribution in [0, 0.1) is 12.8 Å². The number of aromatic nitrogens is 1. The van der Waals surface area contributed by atoms with Crippen molar-refractivity contribution in [3.63, 3.8) is 0 Å². The van der Waals surface area contributed by atoms with Crippen LogP contribution in [0.2, 0.25) is 0 Å². The Morgan fingerprint density at radius 2 is 1.77 bits per heavy atom. The lowest BCUT2D eigenvalue weighted by atomic mass is 10.1. The summed E-state index contributed by atoms with van der Waals surface area (Å²) in [5.74, 6) is 2.37. The number of carbonyl (C=O) groups is 2. The van der Waals surface area contributed by atoms with Gasteiger partial charge in [-0.15, -0.1) is 0 Å². The van der Waals surface area contributed by atoms with Crippen LogP contribution in [0.15, 0.2) is 36.5 Å². The average Bonchev–Trinajstić information content (AvgIpc) is 3.57. The summed E-state index contributed by atoms with van der Waals surface area (Å²) in [7, 11) is 0. The van der Waals surface area contributed by atoms with Crippen molar-refractivity contribution in [3.05, 3.63) is 53.2 Å². The van der Waals surface area contributed by atoms with E-state index in [1.54, 1.807) is 0 Å². The molecule has 2 aromatic rings. The maximum Gasteiger partial charge on any atom is 0.253 e. The predicted molar refractivity (Wildman–Crippen MR) is 122 cm³/mol. The number of nitrogens with zero attached hydrogens (tertiary/aromatic N) is 4. The minimum atomic E-state index is 0.0566. The highest BCUT2D eigenvalue weighted by molar-refractivity contribution is 5.97. The Bertz CT molecular complexity index is 991. The van der Waals surface area contributed by atoms with E-state index in [-0.39, 0.29) is 11.8 Å². The van der Waals surface area contributed by atoms with Gasteiger partial charge in [0.15, 0.2) is 0 Å². The van der Waals surface area contributed by atoms with Crippen LogP contribution in [0.25, 0.3) is 0 Å². The Morgan fingerprint density at radius 1 is 1.06 bits per heavy atom. The van der Waals surface area contributed by atoms with E-state index in [1.807, 2.05) is 40.3 Å². The Kier molecular flexibility index (Phi) is 5.16. The molecule has 31 heavy (non-hydrogen) atoms. The Balaban J connectivity index is 1.20. The number of rotatable bonds is 4. The molecule has 3 fully saturated rings.